The highest BCUT2D eigenvalue weighted by Crippen LogP contribution is 2.17. The highest BCUT2D eigenvalue weighted by atomic mass is 79.9. The molecule has 4 nitrogen and oxygen atoms in total. The number of hydrogen-bond donors (Lipinski definition) is 2. The predicted octanol–water partition coefficient (Wildman–Crippen LogP) is 2.35. The van der Waals surface area contributed by atoms with Crippen molar-refractivity contribution in [3.8, 4) is 5.75 Å². The van der Waals surface area contributed by atoms with E-state index in [0.717, 1.165) is 36.2 Å². The van der Waals surface area contributed by atoms with Crippen molar-refractivity contribution >= 4 is 15.9 Å². The van der Waals surface area contributed by atoms with Crippen molar-refractivity contribution in [2.75, 3.05) is 26.3 Å². The predicted molar refractivity (Wildman–Crippen MR) is 82.1 cm³/mol. The van der Waals surface area contributed by atoms with Crippen LogP contribution in [0.25, 0.3) is 0 Å². The number of benzene rings is 1. The fourth-order valence-electron chi connectivity index (χ4n) is 2.21. The smallest absolute Gasteiger partial charge is 0.120 e. The monoisotopic (exact) mass is 343 g/mol. The van der Waals surface area contributed by atoms with E-state index >= 15 is 0 Å². The first-order valence-electron chi connectivity index (χ1n) is 7.13. The highest BCUT2D eigenvalue weighted by molar-refractivity contribution is 9.10. The Morgan fingerprint density at radius 2 is 2.40 bits per heavy atom. The van der Waals surface area contributed by atoms with E-state index in [1.54, 1.807) is 0 Å². The fraction of sp³-hybridized carbons (Fsp3) is 0.600. The molecule has 2 unspecified atom stereocenters. The van der Waals surface area contributed by atoms with Crippen LogP contribution in [0.1, 0.15) is 19.3 Å². The Balaban J connectivity index is 1.54. The average molecular weight is 344 g/mol. The van der Waals surface area contributed by atoms with Gasteiger partial charge in [0.05, 0.1) is 6.10 Å². The lowest BCUT2D eigenvalue weighted by Gasteiger charge is -2.14. The second-order valence-corrected chi connectivity index (χ2v) is 5.97. The Morgan fingerprint density at radius 1 is 1.50 bits per heavy atom. The SMILES string of the molecule is OC(CNCCC1CCCO1)COc1cccc(Br)c1. The molecule has 1 aromatic carbocycles. The lowest BCUT2D eigenvalue weighted by molar-refractivity contribution is 0.0942. The first kappa shape index (κ1) is 15.8. The summed E-state index contributed by atoms with van der Waals surface area (Å²) in [6, 6.07) is 7.61. The van der Waals surface area contributed by atoms with E-state index in [2.05, 4.69) is 21.2 Å². The quantitative estimate of drug-likeness (QED) is 0.711. The van der Waals surface area contributed by atoms with E-state index in [1.807, 2.05) is 24.3 Å². The first-order chi connectivity index (χ1) is 9.74. The summed E-state index contributed by atoms with van der Waals surface area (Å²) in [4.78, 5) is 0. The Morgan fingerprint density at radius 3 is 3.15 bits per heavy atom. The number of hydrogen-bond acceptors (Lipinski definition) is 4. The van der Waals surface area contributed by atoms with Crippen LogP contribution in [0.15, 0.2) is 28.7 Å². The van der Waals surface area contributed by atoms with Crippen LogP contribution < -0.4 is 10.1 Å². The normalized spacial score (nSPS) is 20.0. The number of halogens is 1. The summed E-state index contributed by atoms with van der Waals surface area (Å²) in [6.07, 6.45) is 3.25. The average Bonchev–Trinajstić information content (AvgIpc) is 2.95. The van der Waals surface area contributed by atoms with Crippen LogP contribution in [0.4, 0.5) is 0 Å². The zero-order valence-corrected chi connectivity index (χ0v) is 13.1. The van der Waals surface area contributed by atoms with Crippen molar-refractivity contribution in [1.82, 2.24) is 5.32 Å². The molecule has 5 heteroatoms. The molecule has 1 aliphatic rings. The zero-order valence-electron chi connectivity index (χ0n) is 11.6. The number of nitrogens with one attached hydrogen (secondary N) is 1. The van der Waals surface area contributed by atoms with Crippen molar-refractivity contribution in [3.63, 3.8) is 0 Å². The van der Waals surface area contributed by atoms with E-state index in [4.69, 9.17) is 9.47 Å². The van der Waals surface area contributed by atoms with Gasteiger partial charge in [0, 0.05) is 17.6 Å². The van der Waals surface area contributed by atoms with Crippen LogP contribution in [0.3, 0.4) is 0 Å². The summed E-state index contributed by atoms with van der Waals surface area (Å²) in [5.74, 6) is 0.762. The van der Waals surface area contributed by atoms with Crippen molar-refractivity contribution in [1.29, 1.82) is 0 Å². The van der Waals surface area contributed by atoms with Gasteiger partial charge >= 0.3 is 0 Å². The van der Waals surface area contributed by atoms with E-state index in [-0.39, 0.29) is 0 Å². The maximum atomic E-state index is 9.84. The van der Waals surface area contributed by atoms with Crippen LogP contribution in [0, 0.1) is 0 Å². The van der Waals surface area contributed by atoms with E-state index in [1.165, 1.54) is 6.42 Å². The van der Waals surface area contributed by atoms with Gasteiger partial charge in [0.1, 0.15) is 18.5 Å². The van der Waals surface area contributed by atoms with E-state index < -0.39 is 6.10 Å². The van der Waals surface area contributed by atoms with Crippen molar-refractivity contribution in [2.24, 2.45) is 0 Å². The third-order valence-corrected chi connectivity index (χ3v) is 3.78. The third kappa shape index (κ3) is 5.79. The molecule has 1 fully saturated rings. The van der Waals surface area contributed by atoms with Gasteiger partial charge in [-0.25, -0.2) is 0 Å². The van der Waals surface area contributed by atoms with E-state index in [0.29, 0.717) is 19.3 Å². The molecular formula is C15H22BrNO3. The first-order valence-corrected chi connectivity index (χ1v) is 7.92. The van der Waals surface area contributed by atoms with Gasteiger partial charge in [-0.05, 0) is 44.0 Å². The van der Waals surface area contributed by atoms with Crippen LogP contribution in [-0.2, 0) is 4.74 Å². The number of aliphatic hydroxyl groups is 1. The standard InChI is InChI=1S/C15H22BrNO3/c16-12-3-1-4-15(9-12)20-11-13(18)10-17-7-6-14-5-2-8-19-14/h1,3-4,9,13-14,17-18H,2,5-8,10-11H2. The van der Waals surface area contributed by atoms with Gasteiger partial charge in [0.2, 0.25) is 0 Å². The summed E-state index contributed by atoms with van der Waals surface area (Å²) in [5.41, 5.74) is 0. The van der Waals surface area contributed by atoms with Crippen LogP contribution in [0.5, 0.6) is 5.75 Å². The number of rotatable bonds is 8. The minimum absolute atomic E-state index is 0.295. The lowest BCUT2D eigenvalue weighted by Crippen LogP contribution is -2.33. The zero-order chi connectivity index (χ0) is 14.2. The van der Waals surface area contributed by atoms with Gasteiger partial charge in [-0.2, -0.15) is 0 Å². The Bertz CT molecular complexity index is 396. The topological polar surface area (TPSA) is 50.7 Å². The van der Waals surface area contributed by atoms with Crippen LogP contribution in [0.2, 0.25) is 0 Å². The molecule has 0 bridgehead atoms. The molecule has 2 atom stereocenters. The lowest BCUT2D eigenvalue weighted by atomic mass is 10.2. The summed E-state index contributed by atoms with van der Waals surface area (Å²) < 4.78 is 12.1. The molecule has 1 heterocycles. The molecule has 2 N–H and O–H groups in total. The highest BCUT2D eigenvalue weighted by Gasteiger charge is 2.14. The molecule has 0 spiro atoms. The molecule has 112 valence electrons. The number of ether oxygens (including phenoxy) is 2. The van der Waals surface area contributed by atoms with Crippen molar-refractivity contribution in [2.45, 2.75) is 31.5 Å². The molecule has 0 saturated carbocycles. The minimum Gasteiger partial charge on any atom is -0.491 e. The molecule has 0 aliphatic carbocycles. The van der Waals surface area contributed by atoms with Gasteiger partial charge in [-0.3, -0.25) is 0 Å². The Hall–Kier alpha value is -0.620. The summed E-state index contributed by atoms with van der Waals surface area (Å²) in [6.45, 7) is 2.61. The van der Waals surface area contributed by atoms with E-state index in [9.17, 15) is 5.11 Å². The number of aliphatic hydroxyl groups excluding tert-OH is 1. The van der Waals surface area contributed by atoms with Crippen LogP contribution >= 0.6 is 15.9 Å². The molecule has 0 aromatic heterocycles. The molecule has 1 saturated heterocycles. The van der Waals surface area contributed by atoms with Crippen molar-refractivity contribution < 1.29 is 14.6 Å². The molecule has 20 heavy (non-hydrogen) atoms. The van der Waals surface area contributed by atoms with Gasteiger partial charge < -0.3 is 19.9 Å². The van der Waals surface area contributed by atoms with Crippen LogP contribution in [-0.4, -0.2) is 43.6 Å². The van der Waals surface area contributed by atoms with Crippen molar-refractivity contribution in [3.05, 3.63) is 28.7 Å². The summed E-state index contributed by atoms with van der Waals surface area (Å²) in [5, 5.41) is 13.1. The fourth-order valence-corrected chi connectivity index (χ4v) is 2.59. The Kier molecular flexibility index (Phi) is 6.79. The van der Waals surface area contributed by atoms with Gasteiger partial charge in [-0.15, -0.1) is 0 Å². The maximum absolute atomic E-state index is 9.84. The molecule has 2 rings (SSSR count). The molecule has 0 amide bonds. The molecule has 0 radical (unpaired) electrons. The summed E-state index contributed by atoms with van der Waals surface area (Å²) >= 11 is 3.39. The van der Waals surface area contributed by atoms with Gasteiger partial charge in [0.15, 0.2) is 0 Å². The van der Waals surface area contributed by atoms with Gasteiger partial charge in [0.25, 0.3) is 0 Å². The largest absolute Gasteiger partial charge is 0.491 e. The molecular weight excluding hydrogens is 322 g/mol. The summed E-state index contributed by atoms with van der Waals surface area (Å²) in [7, 11) is 0. The molecule has 1 aromatic rings. The molecule has 1 aliphatic heterocycles. The second kappa shape index (κ2) is 8.62. The minimum atomic E-state index is -0.501. The second-order valence-electron chi connectivity index (χ2n) is 5.05. The third-order valence-electron chi connectivity index (χ3n) is 3.29. The Labute approximate surface area is 128 Å². The maximum Gasteiger partial charge on any atom is 0.120 e. The van der Waals surface area contributed by atoms with Gasteiger partial charge in [-0.1, -0.05) is 22.0 Å².